The fourth-order valence-corrected chi connectivity index (χ4v) is 3.42. The molecule has 2 heterocycles. The second kappa shape index (κ2) is 5.82. The fourth-order valence-electron chi connectivity index (χ4n) is 3.42. The average molecular weight is 320 g/mol. The molecule has 0 fully saturated rings. The monoisotopic (exact) mass is 320 g/mol. The molecule has 0 amide bonds. The first-order valence-electron chi connectivity index (χ1n) is 8.49. The van der Waals surface area contributed by atoms with Crippen LogP contribution < -0.4 is 0 Å². The molecule has 1 atom stereocenters. The molecule has 1 aromatic carbocycles. The van der Waals surface area contributed by atoms with E-state index in [1.807, 2.05) is 0 Å². The van der Waals surface area contributed by atoms with Gasteiger partial charge in [-0.3, -0.25) is 4.79 Å². The van der Waals surface area contributed by atoms with Crippen LogP contribution in [0, 0.1) is 6.92 Å². The zero-order chi connectivity index (χ0) is 16.7. The third-order valence-electron chi connectivity index (χ3n) is 4.61. The van der Waals surface area contributed by atoms with Crippen molar-refractivity contribution in [1.29, 1.82) is 0 Å². The summed E-state index contributed by atoms with van der Waals surface area (Å²) in [5.74, 6) is 1.72. The molecule has 5 nitrogen and oxygen atoms in total. The molecule has 0 aliphatic heterocycles. The summed E-state index contributed by atoms with van der Waals surface area (Å²) in [6, 6.07) is 8.40. The van der Waals surface area contributed by atoms with Crippen molar-refractivity contribution in [2.24, 2.45) is 0 Å². The molecule has 122 valence electrons. The van der Waals surface area contributed by atoms with Crippen molar-refractivity contribution in [1.82, 2.24) is 19.6 Å². The number of aromatic nitrogens is 4. The van der Waals surface area contributed by atoms with Crippen LogP contribution in [0.5, 0.6) is 0 Å². The molecular formula is C19H20N4O. The predicted octanol–water partition coefficient (Wildman–Crippen LogP) is 3.30. The van der Waals surface area contributed by atoms with Gasteiger partial charge >= 0.3 is 0 Å². The van der Waals surface area contributed by atoms with E-state index >= 15 is 0 Å². The minimum Gasteiger partial charge on any atom is -0.294 e. The molecule has 1 aliphatic carbocycles. The van der Waals surface area contributed by atoms with E-state index in [1.54, 1.807) is 10.7 Å². The Hall–Kier alpha value is -2.56. The second-order valence-electron chi connectivity index (χ2n) is 6.57. The molecule has 0 saturated heterocycles. The Morgan fingerprint density at radius 2 is 2.12 bits per heavy atom. The minimum atomic E-state index is 0.143. The molecule has 5 heteroatoms. The molecule has 0 saturated carbocycles. The van der Waals surface area contributed by atoms with E-state index in [0.717, 1.165) is 30.8 Å². The lowest BCUT2D eigenvalue weighted by Gasteiger charge is -2.23. The quantitative estimate of drug-likeness (QED) is 0.743. The van der Waals surface area contributed by atoms with Gasteiger partial charge in [0, 0.05) is 19.0 Å². The molecule has 3 aromatic rings. The lowest BCUT2D eigenvalue weighted by atomic mass is 9.82. The number of carbonyl (C=O) groups excluding carboxylic acids is 1. The lowest BCUT2D eigenvalue weighted by Crippen LogP contribution is -2.21. The smallest absolute Gasteiger partial charge is 0.252 e. The summed E-state index contributed by atoms with van der Waals surface area (Å²) in [6.07, 6.45) is 4.93. The molecule has 0 spiro atoms. The second-order valence-corrected chi connectivity index (χ2v) is 6.57. The van der Waals surface area contributed by atoms with Crippen molar-refractivity contribution in [2.45, 2.75) is 45.4 Å². The molecule has 24 heavy (non-hydrogen) atoms. The number of Topliss-reactive ketones (excluding diaryl/α,β-unsaturated/α-hetero) is 1. The molecule has 0 bridgehead atoms. The van der Waals surface area contributed by atoms with E-state index in [4.69, 9.17) is 0 Å². The van der Waals surface area contributed by atoms with Crippen LogP contribution in [0.2, 0.25) is 0 Å². The number of hydrogen-bond acceptors (Lipinski definition) is 4. The maximum absolute atomic E-state index is 12.6. The number of benzene rings is 1. The minimum absolute atomic E-state index is 0.143. The van der Waals surface area contributed by atoms with Gasteiger partial charge in [0.15, 0.2) is 11.6 Å². The van der Waals surface area contributed by atoms with E-state index in [-0.39, 0.29) is 11.7 Å². The van der Waals surface area contributed by atoms with Crippen LogP contribution in [-0.2, 0) is 12.8 Å². The number of hydrogen-bond donors (Lipinski definition) is 0. The normalized spacial score (nSPS) is 17.2. The first-order valence-corrected chi connectivity index (χ1v) is 8.49. The summed E-state index contributed by atoms with van der Waals surface area (Å²) in [5.41, 5.74) is 3.97. The molecule has 1 unspecified atom stereocenters. The van der Waals surface area contributed by atoms with Crippen LogP contribution in [0.3, 0.4) is 0 Å². The largest absolute Gasteiger partial charge is 0.294 e. The first-order chi connectivity index (χ1) is 11.6. The van der Waals surface area contributed by atoms with Crippen molar-refractivity contribution < 1.29 is 4.79 Å². The Morgan fingerprint density at radius 1 is 1.25 bits per heavy atom. The van der Waals surface area contributed by atoms with E-state index < -0.39 is 0 Å². The number of ketones is 1. The summed E-state index contributed by atoms with van der Waals surface area (Å²) in [4.78, 5) is 21.7. The Labute approximate surface area is 140 Å². The summed E-state index contributed by atoms with van der Waals surface area (Å²) >= 11 is 0. The van der Waals surface area contributed by atoms with E-state index in [9.17, 15) is 4.79 Å². The molecule has 0 radical (unpaired) electrons. The Balaban J connectivity index is 1.73. The van der Waals surface area contributed by atoms with Gasteiger partial charge in [0.05, 0.1) is 11.3 Å². The van der Waals surface area contributed by atoms with Crippen molar-refractivity contribution in [2.75, 3.05) is 0 Å². The van der Waals surface area contributed by atoms with Crippen LogP contribution in [0.15, 0.2) is 30.5 Å². The van der Waals surface area contributed by atoms with Crippen LogP contribution in [-0.4, -0.2) is 25.4 Å². The van der Waals surface area contributed by atoms with Gasteiger partial charge < -0.3 is 0 Å². The lowest BCUT2D eigenvalue weighted by molar-refractivity contribution is 0.0962. The third kappa shape index (κ3) is 2.60. The van der Waals surface area contributed by atoms with E-state index in [2.05, 4.69) is 53.2 Å². The zero-order valence-corrected chi connectivity index (χ0v) is 14.0. The molecule has 0 N–H and O–H groups in total. The van der Waals surface area contributed by atoms with Gasteiger partial charge in [-0.1, -0.05) is 36.8 Å². The average Bonchev–Trinajstić information content (AvgIpc) is 2.94. The highest BCUT2D eigenvalue weighted by Gasteiger charge is 2.28. The van der Waals surface area contributed by atoms with Crippen LogP contribution in [0.25, 0.3) is 5.78 Å². The maximum Gasteiger partial charge on any atom is 0.252 e. The van der Waals surface area contributed by atoms with E-state index in [1.165, 1.54) is 11.1 Å². The molecule has 1 aliphatic rings. The van der Waals surface area contributed by atoms with E-state index in [0.29, 0.717) is 17.8 Å². The summed E-state index contributed by atoms with van der Waals surface area (Å²) in [5, 5.41) is 4.42. The fraction of sp³-hybridized carbons (Fsp3) is 0.368. The predicted molar refractivity (Wildman–Crippen MR) is 91.3 cm³/mol. The molecule has 4 rings (SSSR count). The number of fused-ring (bicyclic) bond motifs is 2. The Bertz CT molecular complexity index is 928. The van der Waals surface area contributed by atoms with Gasteiger partial charge in [0.2, 0.25) is 0 Å². The van der Waals surface area contributed by atoms with Gasteiger partial charge in [-0.15, -0.1) is 5.10 Å². The van der Waals surface area contributed by atoms with Crippen molar-refractivity contribution >= 4 is 11.6 Å². The van der Waals surface area contributed by atoms with Gasteiger partial charge in [-0.25, -0.2) is 9.50 Å². The van der Waals surface area contributed by atoms with Crippen molar-refractivity contribution in [3.8, 4) is 0 Å². The zero-order valence-electron chi connectivity index (χ0n) is 14.0. The summed E-state index contributed by atoms with van der Waals surface area (Å²) in [6.45, 7) is 4.18. The van der Waals surface area contributed by atoms with Gasteiger partial charge in [0.1, 0.15) is 0 Å². The van der Waals surface area contributed by atoms with Gasteiger partial charge in [-0.05, 0) is 31.2 Å². The topological polar surface area (TPSA) is 60.1 Å². The SMILES string of the molecule is CCCc1nc2nc3c(cn2n1)C(=O)CC(c1cccc(C)c1)C3. The van der Waals surface area contributed by atoms with Crippen LogP contribution >= 0.6 is 0 Å². The van der Waals surface area contributed by atoms with Crippen LogP contribution in [0.1, 0.15) is 58.7 Å². The Morgan fingerprint density at radius 3 is 2.92 bits per heavy atom. The summed E-state index contributed by atoms with van der Waals surface area (Å²) in [7, 11) is 0. The molecule has 2 aromatic heterocycles. The first kappa shape index (κ1) is 15.0. The highest BCUT2D eigenvalue weighted by molar-refractivity contribution is 5.98. The summed E-state index contributed by atoms with van der Waals surface area (Å²) < 4.78 is 1.65. The standard InChI is InChI=1S/C19H20N4O/c1-3-5-18-21-19-20-16-9-14(13-7-4-6-12(2)8-13)10-17(24)15(16)11-23(19)22-18/h4,6-8,11,14H,3,5,9-10H2,1-2H3. The number of rotatable bonds is 3. The highest BCUT2D eigenvalue weighted by atomic mass is 16.1. The van der Waals surface area contributed by atoms with Crippen LogP contribution in [0.4, 0.5) is 0 Å². The molecular weight excluding hydrogens is 300 g/mol. The van der Waals surface area contributed by atoms with Gasteiger partial charge in [-0.2, -0.15) is 4.98 Å². The van der Waals surface area contributed by atoms with Gasteiger partial charge in [0.25, 0.3) is 5.78 Å². The van der Waals surface area contributed by atoms with Crippen molar-refractivity contribution in [3.05, 3.63) is 58.7 Å². The Kier molecular flexibility index (Phi) is 3.63. The number of carbonyl (C=O) groups is 1. The highest BCUT2D eigenvalue weighted by Crippen LogP contribution is 2.32. The number of aryl methyl sites for hydroxylation is 2. The van der Waals surface area contributed by atoms with Crippen molar-refractivity contribution in [3.63, 3.8) is 0 Å². The third-order valence-corrected chi connectivity index (χ3v) is 4.61. The number of nitrogens with zero attached hydrogens (tertiary/aromatic N) is 4. The maximum atomic E-state index is 12.6.